The van der Waals surface area contributed by atoms with Gasteiger partial charge in [-0.1, -0.05) is 116 Å². The predicted molar refractivity (Wildman–Crippen MR) is 283 cm³/mol. The summed E-state index contributed by atoms with van der Waals surface area (Å²) < 4.78 is 6.97. The van der Waals surface area contributed by atoms with Crippen molar-refractivity contribution in [1.29, 1.82) is 0 Å². The minimum Gasteiger partial charge on any atom is -0.485 e. The first-order chi connectivity index (χ1) is 32.1. The van der Waals surface area contributed by atoms with Crippen molar-refractivity contribution >= 4 is 24.5 Å². The fourth-order valence-electron chi connectivity index (χ4n) is 15.8. The molecule has 0 bridgehead atoms. The summed E-state index contributed by atoms with van der Waals surface area (Å²) in [7, 11) is 2.75. The van der Waals surface area contributed by atoms with E-state index < -0.39 is 0 Å². The molecule has 8 aliphatic carbocycles. The van der Waals surface area contributed by atoms with Crippen molar-refractivity contribution in [1.82, 2.24) is 9.80 Å². The van der Waals surface area contributed by atoms with E-state index in [4.69, 9.17) is 4.74 Å². The number of fused-ring (bicyclic) bond motifs is 10. The number of thioether (sulfide) groups is 1. The zero-order valence-electron chi connectivity index (χ0n) is 42.8. The van der Waals surface area contributed by atoms with E-state index in [0.717, 1.165) is 50.2 Å². The van der Waals surface area contributed by atoms with Gasteiger partial charge < -0.3 is 14.5 Å². The molecule has 11 aliphatic rings. The van der Waals surface area contributed by atoms with Gasteiger partial charge >= 0.3 is 0 Å². The van der Waals surface area contributed by atoms with Crippen LogP contribution in [0.3, 0.4) is 0 Å². The van der Waals surface area contributed by atoms with Crippen LogP contribution >= 0.6 is 11.8 Å². The van der Waals surface area contributed by atoms with Gasteiger partial charge in [-0.25, -0.2) is 0 Å². The summed E-state index contributed by atoms with van der Waals surface area (Å²) in [5, 5.41) is 0.695. The maximum atomic E-state index is 6.97. The number of benzene rings is 1. The minimum absolute atomic E-state index is 0.0478. The van der Waals surface area contributed by atoms with Gasteiger partial charge in [-0.15, -0.1) is 11.8 Å². The maximum Gasteiger partial charge on any atom is 0.163 e. The van der Waals surface area contributed by atoms with Crippen molar-refractivity contribution in [2.75, 3.05) is 0 Å². The summed E-state index contributed by atoms with van der Waals surface area (Å²) in [4.78, 5) is 7.68. The SMILES string of the molecule is CC1CC(N(C2=CC(C(C)(C)C)=CCC2[B]c2cccc3c2CC2SC4=CCCCC4C32)C2=C3C(=CCC2)OC2CCCC=C32)=CC(N2C3=C(CC(C(C)(C)C)C=C3)C3(C)CCCCC23C)C1. The molecule has 10 atom stereocenters. The molecule has 353 valence electrons. The number of nitrogens with zero attached hydrogens (tertiary/aromatic N) is 2. The molecule has 12 rings (SSSR count). The Labute approximate surface area is 410 Å². The highest BCUT2D eigenvalue weighted by Crippen LogP contribution is 2.64. The normalized spacial score (nSPS) is 36.5. The molecule has 3 nitrogen and oxygen atoms in total. The molecule has 1 radical (unpaired) electrons. The van der Waals surface area contributed by atoms with Crippen LogP contribution in [0.15, 0.2) is 123 Å². The van der Waals surface area contributed by atoms with Crippen molar-refractivity contribution in [2.24, 2.45) is 34.0 Å². The van der Waals surface area contributed by atoms with Crippen molar-refractivity contribution < 1.29 is 4.74 Å². The van der Waals surface area contributed by atoms with E-state index in [9.17, 15) is 0 Å². The molecular weight excluding hydrogens is 832 g/mol. The van der Waals surface area contributed by atoms with Gasteiger partial charge in [0.1, 0.15) is 11.9 Å². The molecule has 2 saturated heterocycles. The van der Waals surface area contributed by atoms with Crippen LogP contribution in [-0.2, 0) is 11.2 Å². The Bertz CT molecular complexity index is 2530. The second-order valence-corrected chi connectivity index (χ2v) is 27.1. The van der Waals surface area contributed by atoms with Crippen molar-refractivity contribution in [3.8, 4) is 0 Å². The third-order valence-corrected chi connectivity index (χ3v) is 21.1. The number of ether oxygens (including phenoxy) is 1. The van der Waals surface area contributed by atoms with Gasteiger partial charge in [0, 0.05) is 56.1 Å². The Morgan fingerprint density at radius 2 is 1.72 bits per heavy atom. The number of hydrogen-bond acceptors (Lipinski definition) is 4. The molecule has 1 saturated carbocycles. The molecule has 1 aromatic rings. The lowest BCUT2D eigenvalue weighted by atomic mass is 9.53. The van der Waals surface area contributed by atoms with Gasteiger partial charge in [-0.2, -0.15) is 0 Å². The molecular formula is C62H80BN2OS. The Morgan fingerprint density at radius 1 is 0.896 bits per heavy atom. The highest BCUT2D eigenvalue weighted by molar-refractivity contribution is 8.04. The molecule has 0 amide bonds. The molecule has 3 heterocycles. The topological polar surface area (TPSA) is 15.7 Å². The third kappa shape index (κ3) is 7.23. The van der Waals surface area contributed by atoms with E-state index in [-0.39, 0.29) is 33.7 Å². The lowest BCUT2D eigenvalue weighted by Crippen LogP contribution is -2.57. The first kappa shape index (κ1) is 44.9. The highest BCUT2D eigenvalue weighted by atomic mass is 32.2. The predicted octanol–water partition coefficient (Wildman–Crippen LogP) is 15.5. The summed E-state index contributed by atoms with van der Waals surface area (Å²) in [5.74, 6) is 3.99. The quantitative estimate of drug-likeness (QED) is 0.264. The van der Waals surface area contributed by atoms with E-state index in [0.29, 0.717) is 29.0 Å². The first-order valence-electron chi connectivity index (χ1n) is 27.4. The van der Waals surface area contributed by atoms with Crippen LogP contribution in [0, 0.1) is 34.0 Å². The largest absolute Gasteiger partial charge is 0.485 e. The molecule has 10 unspecified atom stereocenters. The summed E-state index contributed by atoms with van der Waals surface area (Å²) in [5.41, 5.74) is 17.7. The average molecular weight is 912 g/mol. The van der Waals surface area contributed by atoms with Gasteiger partial charge in [0.2, 0.25) is 0 Å². The second-order valence-electron chi connectivity index (χ2n) is 25.7. The zero-order valence-corrected chi connectivity index (χ0v) is 43.6. The van der Waals surface area contributed by atoms with Crippen molar-refractivity contribution in [3.63, 3.8) is 0 Å². The Kier molecular flexibility index (Phi) is 11.0. The average Bonchev–Trinajstić information content (AvgIpc) is 4.02. The fourth-order valence-corrected chi connectivity index (χ4v) is 17.5. The molecule has 67 heavy (non-hydrogen) atoms. The van der Waals surface area contributed by atoms with E-state index in [1.165, 1.54) is 110 Å². The van der Waals surface area contributed by atoms with E-state index in [2.05, 4.69) is 158 Å². The Balaban J connectivity index is 1.00. The summed E-state index contributed by atoms with van der Waals surface area (Å²) in [6.07, 6.45) is 41.8. The smallest absolute Gasteiger partial charge is 0.163 e. The Morgan fingerprint density at radius 3 is 2.55 bits per heavy atom. The van der Waals surface area contributed by atoms with E-state index >= 15 is 0 Å². The van der Waals surface area contributed by atoms with Crippen LogP contribution < -0.4 is 5.46 Å². The summed E-state index contributed by atoms with van der Waals surface area (Å²) in [6, 6.07) is 7.76. The van der Waals surface area contributed by atoms with E-state index in [1.807, 2.05) is 0 Å². The van der Waals surface area contributed by atoms with Crippen LogP contribution in [0.4, 0.5) is 0 Å². The van der Waals surface area contributed by atoms with Gasteiger partial charge in [-0.3, -0.25) is 0 Å². The molecule has 0 aromatic heterocycles. The second kappa shape index (κ2) is 16.4. The van der Waals surface area contributed by atoms with Crippen LogP contribution in [0.2, 0.25) is 5.82 Å². The van der Waals surface area contributed by atoms with Gasteiger partial charge in [0.15, 0.2) is 7.28 Å². The molecule has 0 spiro atoms. The third-order valence-electron chi connectivity index (χ3n) is 19.6. The highest BCUT2D eigenvalue weighted by Gasteiger charge is 2.60. The first-order valence-corrected chi connectivity index (χ1v) is 28.3. The minimum atomic E-state index is 0.0478. The van der Waals surface area contributed by atoms with Crippen LogP contribution in [-0.4, -0.2) is 40.0 Å². The van der Waals surface area contributed by atoms with Crippen LogP contribution in [0.25, 0.3) is 0 Å². The van der Waals surface area contributed by atoms with Crippen LogP contribution in [0.5, 0.6) is 0 Å². The lowest BCUT2D eigenvalue weighted by molar-refractivity contribution is 0.00458. The molecule has 3 fully saturated rings. The van der Waals surface area contributed by atoms with Gasteiger partial charge in [0.05, 0.1) is 6.04 Å². The number of rotatable bonds is 6. The van der Waals surface area contributed by atoms with Gasteiger partial charge in [0.25, 0.3) is 0 Å². The number of allylic oxidation sites excluding steroid dienone is 13. The van der Waals surface area contributed by atoms with Gasteiger partial charge in [-0.05, 0) is 189 Å². The fraction of sp³-hybridized carbons (Fsp3) is 0.613. The van der Waals surface area contributed by atoms with Crippen molar-refractivity contribution in [2.45, 2.75) is 206 Å². The Hall–Kier alpha value is -3.31. The summed E-state index contributed by atoms with van der Waals surface area (Å²) in [6.45, 7) is 22.6. The molecule has 5 heteroatoms. The number of hydrogen-bond donors (Lipinski definition) is 0. The zero-order chi connectivity index (χ0) is 46.2. The van der Waals surface area contributed by atoms with E-state index in [1.54, 1.807) is 27.3 Å². The lowest BCUT2D eigenvalue weighted by Gasteiger charge is -2.54. The summed E-state index contributed by atoms with van der Waals surface area (Å²) >= 11 is 2.24. The standard InChI is InChI=1S/C62H80BN2OS/c1-38-32-41(36-42(33-38)65-50-29-27-39(59(2,3)4)34-47(50)61(8)30-14-15-31-62(61,65)9)64(51-22-17-24-54-58(51)44-18-10-12-23-53(44)66-54)52-35-40(60(5,6)7)26-28-49(52)63-48-21-16-20-43-46(48)37-56-57(43)45-19-11-13-25-55(45)67-56/h16,18,20-21,24-27,29,35-36,38-39,42,45,49,53,56-57H,10-15,17,19,22-23,28,30-34,37H2,1-9H3. The molecule has 3 aliphatic heterocycles. The monoisotopic (exact) mass is 912 g/mol. The van der Waals surface area contributed by atoms with Crippen molar-refractivity contribution in [3.05, 3.63) is 134 Å². The molecule has 0 N–H and O–H groups in total. The van der Waals surface area contributed by atoms with Crippen LogP contribution in [0.1, 0.15) is 182 Å². The maximum absolute atomic E-state index is 6.97. The molecule has 1 aromatic carbocycles.